The number of carbonyl (C=O) groups is 4. The lowest BCUT2D eigenvalue weighted by Crippen LogP contribution is -2.34. The SMILES string of the molecule is CC1(C)OC(=O)[C@@H](CC(=O)ON2C(=O)CCC2=O)O1. The summed E-state index contributed by atoms with van der Waals surface area (Å²) < 4.78 is 10.0. The Labute approximate surface area is 108 Å². The third-order valence-electron chi connectivity index (χ3n) is 2.59. The maximum atomic E-state index is 11.5. The van der Waals surface area contributed by atoms with Gasteiger partial charge in [-0.25, -0.2) is 9.59 Å². The molecule has 0 saturated carbocycles. The first-order chi connectivity index (χ1) is 8.78. The third-order valence-corrected chi connectivity index (χ3v) is 2.59. The van der Waals surface area contributed by atoms with E-state index in [4.69, 9.17) is 9.47 Å². The minimum atomic E-state index is -1.10. The zero-order valence-corrected chi connectivity index (χ0v) is 10.5. The summed E-state index contributed by atoms with van der Waals surface area (Å²) in [6.45, 7) is 3.06. The van der Waals surface area contributed by atoms with Gasteiger partial charge in [-0.3, -0.25) is 9.59 Å². The summed E-state index contributed by atoms with van der Waals surface area (Å²) in [5.74, 6) is -3.83. The van der Waals surface area contributed by atoms with E-state index in [1.807, 2.05) is 0 Å². The zero-order valence-electron chi connectivity index (χ0n) is 10.5. The summed E-state index contributed by atoms with van der Waals surface area (Å²) >= 11 is 0. The first-order valence-corrected chi connectivity index (χ1v) is 5.76. The van der Waals surface area contributed by atoms with Crippen molar-refractivity contribution in [2.24, 2.45) is 0 Å². The van der Waals surface area contributed by atoms with Crippen LogP contribution in [0.25, 0.3) is 0 Å². The van der Waals surface area contributed by atoms with Gasteiger partial charge in [0.2, 0.25) is 5.79 Å². The zero-order chi connectivity index (χ0) is 14.2. The molecule has 0 unspecified atom stereocenters. The third kappa shape index (κ3) is 2.90. The summed E-state index contributed by atoms with van der Waals surface area (Å²) in [4.78, 5) is 50.0. The molecule has 0 spiro atoms. The fraction of sp³-hybridized carbons (Fsp3) is 0.636. The standard InChI is InChI=1S/C11H13NO7/c1-11(2)17-6(10(16)18-11)5-9(15)19-12-7(13)3-4-8(12)14/h6H,3-5H2,1-2H3/t6-/m1/s1. The lowest BCUT2D eigenvalue weighted by atomic mass is 10.2. The topological polar surface area (TPSA) is 99.2 Å². The van der Waals surface area contributed by atoms with E-state index in [9.17, 15) is 19.2 Å². The van der Waals surface area contributed by atoms with Crippen molar-refractivity contribution in [3.63, 3.8) is 0 Å². The van der Waals surface area contributed by atoms with Crippen molar-refractivity contribution in [1.29, 1.82) is 0 Å². The van der Waals surface area contributed by atoms with Gasteiger partial charge in [0.25, 0.3) is 11.8 Å². The molecule has 2 rings (SSSR count). The monoisotopic (exact) mass is 271 g/mol. The van der Waals surface area contributed by atoms with Crippen LogP contribution in [-0.2, 0) is 33.5 Å². The van der Waals surface area contributed by atoms with Crippen molar-refractivity contribution in [3.8, 4) is 0 Å². The Kier molecular flexibility index (Phi) is 3.27. The Morgan fingerprint density at radius 2 is 1.89 bits per heavy atom. The molecule has 2 amide bonds. The Morgan fingerprint density at radius 3 is 2.37 bits per heavy atom. The molecule has 0 radical (unpaired) electrons. The molecule has 8 heteroatoms. The second-order valence-electron chi connectivity index (χ2n) is 4.68. The molecule has 19 heavy (non-hydrogen) atoms. The van der Waals surface area contributed by atoms with Gasteiger partial charge in [-0.05, 0) is 0 Å². The van der Waals surface area contributed by atoms with E-state index in [-0.39, 0.29) is 12.8 Å². The highest BCUT2D eigenvalue weighted by molar-refractivity contribution is 6.01. The summed E-state index contributed by atoms with van der Waals surface area (Å²) in [6, 6.07) is 0. The first-order valence-electron chi connectivity index (χ1n) is 5.76. The molecule has 0 aromatic rings. The number of carbonyl (C=O) groups excluding carboxylic acids is 4. The highest BCUT2D eigenvalue weighted by atomic mass is 16.8. The summed E-state index contributed by atoms with van der Waals surface area (Å²) in [5, 5.41) is 0.424. The molecular weight excluding hydrogens is 258 g/mol. The first kappa shape index (κ1) is 13.5. The van der Waals surface area contributed by atoms with E-state index in [2.05, 4.69) is 4.84 Å². The van der Waals surface area contributed by atoms with Crippen LogP contribution in [0.5, 0.6) is 0 Å². The van der Waals surface area contributed by atoms with Gasteiger partial charge in [-0.2, -0.15) is 0 Å². The van der Waals surface area contributed by atoms with Crippen LogP contribution in [0.15, 0.2) is 0 Å². The number of hydrogen-bond acceptors (Lipinski definition) is 7. The lowest BCUT2D eigenvalue weighted by Gasteiger charge is -2.16. The number of amides is 2. The van der Waals surface area contributed by atoms with Gasteiger partial charge in [0.1, 0.15) is 0 Å². The number of ether oxygens (including phenoxy) is 2. The number of imide groups is 1. The normalized spacial score (nSPS) is 25.7. The molecule has 0 bridgehead atoms. The maximum absolute atomic E-state index is 11.5. The molecule has 2 aliphatic rings. The Balaban J connectivity index is 1.90. The van der Waals surface area contributed by atoms with E-state index in [0.29, 0.717) is 5.06 Å². The van der Waals surface area contributed by atoms with Crippen LogP contribution in [0.4, 0.5) is 0 Å². The van der Waals surface area contributed by atoms with Crippen molar-refractivity contribution >= 4 is 23.8 Å². The van der Waals surface area contributed by atoms with Crippen LogP contribution in [0, 0.1) is 0 Å². The quantitative estimate of drug-likeness (QED) is 0.511. The minimum absolute atomic E-state index is 0.0150. The van der Waals surface area contributed by atoms with Crippen LogP contribution >= 0.6 is 0 Å². The number of nitrogens with zero attached hydrogens (tertiary/aromatic N) is 1. The maximum Gasteiger partial charge on any atom is 0.338 e. The Hall–Kier alpha value is -1.96. The average molecular weight is 271 g/mol. The van der Waals surface area contributed by atoms with E-state index in [1.54, 1.807) is 0 Å². The van der Waals surface area contributed by atoms with Gasteiger partial charge in [0.15, 0.2) is 6.10 Å². The summed E-state index contributed by atoms with van der Waals surface area (Å²) in [5.41, 5.74) is 0. The van der Waals surface area contributed by atoms with Gasteiger partial charge < -0.3 is 14.3 Å². The largest absolute Gasteiger partial charge is 0.432 e. The second-order valence-corrected chi connectivity index (χ2v) is 4.68. The molecule has 0 aromatic carbocycles. The fourth-order valence-corrected chi connectivity index (χ4v) is 1.80. The second kappa shape index (κ2) is 4.61. The van der Waals surface area contributed by atoms with Crippen LogP contribution < -0.4 is 0 Å². The van der Waals surface area contributed by atoms with Crippen molar-refractivity contribution in [3.05, 3.63) is 0 Å². The van der Waals surface area contributed by atoms with Crippen molar-refractivity contribution in [2.45, 2.75) is 45.0 Å². The van der Waals surface area contributed by atoms with E-state index in [1.165, 1.54) is 13.8 Å². The molecule has 0 aromatic heterocycles. The number of rotatable bonds is 3. The highest BCUT2D eigenvalue weighted by Crippen LogP contribution is 2.26. The predicted molar refractivity (Wildman–Crippen MR) is 56.8 cm³/mol. The van der Waals surface area contributed by atoms with Gasteiger partial charge in [0.05, 0.1) is 6.42 Å². The molecular formula is C11H13NO7. The Bertz CT molecular complexity index is 440. The number of esters is 1. The predicted octanol–water partition coefficient (Wildman–Crippen LogP) is -0.338. The average Bonchev–Trinajstić information content (AvgIpc) is 2.71. The van der Waals surface area contributed by atoms with E-state index in [0.717, 1.165) is 0 Å². The summed E-state index contributed by atoms with van der Waals surface area (Å²) in [7, 11) is 0. The molecule has 104 valence electrons. The lowest BCUT2D eigenvalue weighted by molar-refractivity contribution is -0.200. The molecule has 0 N–H and O–H groups in total. The van der Waals surface area contributed by atoms with Crippen molar-refractivity contribution in [1.82, 2.24) is 5.06 Å². The highest BCUT2D eigenvalue weighted by Gasteiger charge is 2.43. The van der Waals surface area contributed by atoms with Crippen LogP contribution in [0.3, 0.4) is 0 Å². The van der Waals surface area contributed by atoms with Gasteiger partial charge in [-0.15, -0.1) is 5.06 Å². The molecule has 2 aliphatic heterocycles. The number of hydroxylamine groups is 2. The molecule has 0 aliphatic carbocycles. The van der Waals surface area contributed by atoms with Gasteiger partial charge >= 0.3 is 11.9 Å². The molecule has 8 nitrogen and oxygen atoms in total. The number of cyclic esters (lactones) is 1. The van der Waals surface area contributed by atoms with Crippen LogP contribution in [0.2, 0.25) is 0 Å². The minimum Gasteiger partial charge on any atom is -0.432 e. The van der Waals surface area contributed by atoms with Gasteiger partial charge in [-0.1, -0.05) is 0 Å². The fourth-order valence-electron chi connectivity index (χ4n) is 1.80. The molecule has 2 heterocycles. The smallest absolute Gasteiger partial charge is 0.338 e. The van der Waals surface area contributed by atoms with Crippen molar-refractivity contribution in [2.75, 3.05) is 0 Å². The summed E-state index contributed by atoms with van der Waals surface area (Å²) in [6.07, 6.45) is -1.48. The van der Waals surface area contributed by atoms with E-state index >= 15 is 0 Å². The molecule has 2 saturated heterocycles. The van der Waals surface area contributed by atoms with Crippen LogP contribution in [-0.4, -0.2) is 40.7 Å². The number of hydrogen-bond donors (Lipinski definition) is 0. The molecule has 1 atom stereocenters. The van der Waals surface area contributed by atoms with Crippen molar-refractivity contribution < 1.29 is 33.5 Å². The Morgan fingerprint density at radius 1 is 1.32 bits per heavy atom. The van der Waals surface area contributed by atoms with Gasteiger partial charge in [0, 0.05) is 26.7 Å². The van der Waals surface area contributed by atoms with Crippen LogP contribution in [0.1, 0.15) is 33.1 Å². The van der Waals surface area contributed by atoms with E-state index < -0.39 is 42.1 Å². The molecule has 2 fully saturated rings.